The highest BCUT2D eigenvalue weighted by atomic mass is 16.5. The SMILES string of the molecule is CC[C@@H](N)CCOCCOC. The molecule has 0 heterocycles. The maximum Gasteiger partial charge on any atom is 0.0700 e. The van der Waals surface area contributed by atoms with Crippen LogP contribution < -0.4 is 5.73 Å². The van der Waals surface area contributed by atoms with Crippen molar-refractivity contribution in [3.05, 3.63) is 0 Å². The predicted octanol–water partition coefficient (Wildman–Crippen LogP) is 0.777. The molecule has 0 saturated carbocycles. The van der Waals surface area contributed by atoms with E-state index in [0.717, 1.165) is 19.4 Å². The van der Waals surface area contributed by atoms with Crippen LogP contribution in [0.3, 0.4) is 0 Å². The van der Waals surface area contributed by atoms with Crippen LogP contribution in [0.1, 0.15) is 19.8 Å². The van der Waals surface area contributed by atoms with E-state index >= 15 is 0 Å². The van der Waals surface area contributed by atoms with Gasteiger partial charge < -0.3 is 15.2 Å². The molecule has 0 aliphatic rings. The normalized spacial score (nSPS) is 13.4. The summed E-state index contributed by atoms with van der Waals surface area (Å²) < 4.78 is 10.1. The highest BCUT2D eigenvalue weighted by Crippen LogP contribution is 1.93. The van der Waals surface area contributed by atoms with Gasteiger partial charge in [0.1, 0.15) is 0 Å². The van der Waals surface area contributed by atoms with Crippen LogP contribution in [-0.2, 0) is 9.47 Å². The van der Waals surface area contributed by atoms with Gasteiger partial charge >= 0.3 is 0 Å². The Hall–Kier alpha value is -0.120. The van der Waals surface area contributed by atoms with Gasteiger partial charge in [-0.15, -0.1) is 0 Å². The molecule has 11 heavy (non-hydrogen) atoms. The number of nitrogens with two attached hydrogens (primary N) is 1. The summed E-state index contributed by atoms with van der Waals surface area (Å²) in [5.74, 6) is 0. The molecule has 0 aliphatic heterocycles. The van der Waals surface area contributed by atoms with Gasteiger partial charge in [0.05, 0.1) is 13.2 Å². The molecule has 0 unspecified atom stereocenters. The molecule has 2 N–H and O–H groups in total. The first-order chi connectivity index (χ1) is 5.31. The van der Waals surface area contributed by atoms with Gasteiger partial charge in [-0.3, -0.25) is 0 Å². The largest absolute Gasteiger partial charge is 0.382 e. The maximum atomic E-state index is 5.68. The minimum atomic E-state index is 0.289. The zero-order valence-electron chi connectivity index (χ0n) is 7.51. The Labute approximate surface area is 68.9 Å². The van der Waals surface area contributed by atoms with Crippen LogP contribution >= 0.6 is 0 Å². The molecule has 68 valence electrons. The molecular formula is C8H19NO2. The highest BCUT2D eigenvalue weighted by Gasteiger charge is 1.97. The summed E-state index contributed by atoms with van der Waals surface area (Å²) in [7, 11) is 1.67. The molecule has 1 atom stereocenters. The first-order valence-corrected chi connectivity index (χ1v) is 4.13. The lowest BCUT2D eigenvalue weighted by Crippen LogP contribution is -2.21. The summed E-state index contributed by atoms with van der Waals surface area (Å²) in [5.41, 5.74) is 5.68. The van der Waals surface area contributed by atoms with Crippen molar-refractivity contribution in [2.24, 2.45) is 5.73 Å². The fourth-order valence-electron chi connectivity index (χ4n) is 0.683. The van der Waals surface area contributed by atoms with E-state index < -0.39 is 0 Å². The Morgan fingerprint density at radius 3 is 2.55 bits per heavy atom. The topological polar surface area (TPSA) is 44.5 Å². The summed E-state index contributed by atoms with van der Waals surface area (Å²) in [6, 6.07) is 0.289. The molecule has 0 aliphatic carbocycles. The molecular weight excluding hydrogens is 142 g/mol. The summed E-state index contributed by atoms with van der Waals surface area (Å²) in [6.45, 7) is 4.17. The quantitative estimate of drug-likeness (QED) is 0.561. The lowest BCUT2D eigenvalue weighted by Gasteiger charge is -2.08. The molecule has 0 aromatic rings. The minimum Gasteiger partial charge on any atom is -0.382 e. The lowest BCUT2D eigenvalue weighted by molar-refractivity contribution is 0.0671. The molecule has 0 amide bonds. The zero-order valence-corrected chi connectivity index (χ0v) is 7.51. The van der Waals surface area contributed by atoms with E-state index in [9.17, 15) is 0 Å². The summed E-state index contributed by atoms with van der Waals surface area (Å²) in [5, 5.41) is 0. The van der Waals surface area contributed by atoms with Gasteiger partial charge in [0.2, 0.25) is 0 Å². The number of hydrogen-bond acceptors (Lipinski definition) is 3. The standard InChI is InChI=1S/C8H19NO2/c1-3-8(9)4-5-11-7-6-10-2/h8H,3-7,9H2,1-2H3/t8-/m1/s1. The van der Waals surface area contributed by atoms with Gasteiger partial charge in [-0.05, 0) is 12.8 Å². The molecule has 0 bridgehead atoms. The van der Waals surface area contributed by atoms with Crippen LogP contribution in [-0.4, -0.2) is 33.0 Å². The van der Waals surface area contributed by atoms with Crippen LogP contribution in [0.4, 0.5) is 0 Å². The minimum absolute atomic E-state index is 0.289. The van der Waals surface area contributed by atoms with E-state index in [0.29, 0.717) is 13.2 Å². The Morgan fingerprint density at radius 2 is 2.00 bits per heavy atom. The lowest BCUT2D eigenvalue weighted by atomic mass is 10.2. The molecule has 0 spiro atoms. The Balaban J connectivity index is 2.89. The van der Waals surface area contributed by atoms with Crippen LogP contribution in [0, 0.1) is 0 Å². The average Bonchev–Trinajstić information content (AvgIpc) is 2.04. The number of ether oxygens (including phenoxy) is 2. The molecule has 3 heteroatoms. The fourth-order valence-corrected chi connectivity index (χ4v) is 0.683. The van der Waals surface area contributed by atoms with Crippen molar-refractivity contribution in [3.63, 3.8) is 0 Å². The van der Waals surface area contributed by atoms with Gasteiger partial charge in [0, 0.05) is 19.8 Å². The number of rotatable bonds is 7. The first kappa shape index (κ1) is 10.9. The van der Waals surface area contributed by atoms with Crippen LogP contribution in [0.2, 0.25) is 0 Å². The van der Waals surface area contributed by atoms with Crippen LogP contribution in [0.15, 0.2) is 0 Å². The van der Waals surface area contributed by atoms with E-state index in [2.05, 4.69) is 6.92 Å². The van der Waals surface area contributed by atoms with Gasteiger partial charge in [-0.25, -0.2) is 0 Å². The van der Waals surface area contributed by atoms with Gasteiger partial charge in [-0.2, -0.15) is 0 Å². The molecule has 0 saturated heterocycles. The van der Waals surface area contributed by atoms with E-state index in [4.69, 9.17) is 15.2 Å². The monoisotopic (exact) mass is 161 g/mol. The van der Waals surface area contributed by atoms with E-state index in [1.165, 1.54) is 0 Å². The maximum absolute atomic E-state index is 5.68. The average molecular weight is 161 g/mol. The number of methoxy groups -OCH3 is 1. The second-order valence-corrected chi connectivity index (χ2v) is 2.56. The van der Waals surface area contributed by atoms with Crippen molar-refractivity contribution >= 4 is 0 Å². The Bertz CT molecular complexity index is 78.5. The van der Waals surface area contributed by atoms with Crippen LogP contribution in [0.25, 0.3) is 0 Å². The molecule has 0 radical (unpaired) electrons. The Morgan fingerprint density at radius 1 is 1.27 bits per heavy atom. The van der Waals surface area contributed by atoms with Gasteiger partial charge in [0.25, 0.3) is 0 Å². The third-order valence-corrected chi connectivity index (χ3v) is 1.59. The Kier molecular flexibility index (Phi) is 7.89. The van der Waals surface area contributed by atoms with Gasteiger partial charge in [-0.1, -0.05) is 6.92 Å². The predicted molar refractivity (Wildman–Crippen MR) is 45.6 cm³/mol. The second-order valence-electron chi connectivity index (χ2n) is 2.56. The molecule has 0 rings (SSSR count). The fraction of sp³-hybridized carbons (Fsp3) is 1.00. The van der Waals surface area contributed by atoms with Gasteiger partial charge in [0.15, 0.2) is 0 Å². The summed E-state index contributed by atoms with van der Waals surface area (Å²) in [4.78, 5) is 0. The molecule has 0 aromatic heterocycles. The van der Waals surface area contributed by atoms with Crippen molar-refractivity contribution in [2.45, 2.75) is 25.8 Å². The third kappa shape index (κ3) is 7.78. The van der Waals surface area contributed by atoms with Crippen LogP contribution in [0.5, 0.6) is 0 Å². The first-order valence-electron chi connectivity index (χ1n) is 4.13. The smallest absolute Gasteiger partial charge is 0.0700 e. The number of hydrogen-bond donors (Lipinski definition) is 1. The van der Waals surface area contributed by atoms with E-state index in [-0.39, 0.29) is 6.04 Å². The van der Waals surface area contributed by atoms with Crippen molar-refractivity contribution in [3.8, 4) is 0 Å². The zero-order chi connectivity index (χ0) is 8.53. The third-order valence-electron chi connectivity index (χ3n) is 1.59. The van der Waals surface area contributed by atoms with Crippen molar-refractivity contribution in [1.82, 2.24) is 0 Å². The second kappa shape index (κ2) is 7.98. The van der Waals surface area contributed by atoms with Crippen molar-refractivity contribution in [2.75, 3.05) is 26.9 Å². The highest BCUT2D eigenvalue weighted by molar-refractivity contribution is 4.56. The summed E-state index contributed by atoms with van der Waals surface area (Å²) >= 11 is 0. The van der Waals surface area contributed by atoms with Crippen molar-refractivity contribution in [1.29, 1.82) is 0 Å². The van der Waals surface area contributed by atoms with Crippen molar-refractivity contribution < 1.29 is 9.47 Å². The molecule has 3 nitrogen and oxygen atoms in total. The van der Waals surface area contributed by atoms with E-state index in [1.54, 1.807) is 7.11 Å². The molecule has 0 aromatic carbocycles. The molecule has 0 fully saturated rings. The summed E-state index contributed by atoms with van der Waals surface area (Å²) in [6.07, 6.45) is 1.97. The van der Waals surface area contributed by atoms with E-state index in [1.807, 2.05) is 0 Å².